The number of alkyl halides is 3. The maximum Gasteiger partial charge on any atom is 0.416 e. The van der Waals surface area contributed by atoms with E-state index in [-0.39, 0.29) is 5.69 Å². The molecule has 21 heavy (non-hydrogen) atoms. The molecule has 0 radical (unpaired) electrons. The number of anilines is 2. The fourth-order valence-electron chi connectivity index (χ4n) is 1.49. The van der Waals surface area contributed by atoms with Crippen molar-refractivity contribution < 1.29 is 18.0 Å². The maximum atomic E-state index is 12.4. The molecule has 0 aliphatic carbocycles. The topological polar surface area (TPSA) is 54.0 Å². The van der Waals surface area contributed by atoms with Gasteiger partial charge in [0, 0.05) is 11.9 Å². The Kier molecular flexibility index (Phi) is 4.46. The van der Waals surface area contributed by atoms with Gasteiger partial charge in [-0.3, -0.25) is 5.32 Å². The average molecular weight is 360 g/mol. The summed E-state index contributed by atoms with van der Waals surface area (Å²) < 4.78 is 37.8. The van der Waals surface area contributed by atoms with Crippen molar-refractivity contribution >= 4 is 33.5 Å². The van der Waals surface area contributed by atoms with Gasteiger partial charge in [-0.2, -0.15) is 13.2 Å². The van der Waals surface area contributed by atoms with Crippen LogP contribution in [0, 0.1) is 0 Å². The smallest absolute Gasteiger partial charge is 0.308 e. The number of amides is 2. The lowest BCUT2D eigenvalue weighted by Gasteiger charge is -2.10. The Morgan fingerprint density at radius 1 is 1.10 bits per heavy atom. The van der Waals surface area contributed by atoms with Gasteiger partial charge in [0.25, 0.3) is 0 Å². The monoisotopic (exact) mass is 359 g/mol. The number of pyridine rings is 1. The van der Waals surface area contributed by atoms with Crippen molar-refractivity contribution in [2.45, 2.75) is 6.18 Å². The fraction of sp³-hybridized carbons (Fsp3) is 0.0769. The molecule has 8 heteroatoms. The van der Waals surface area contributed by atoms with Crippen molar-refractivity contribution in [1.82, 2.24) is 4.98 Å². The van der Waals surface area contributed by atoms with E-state index < -0.39 is 17.8 Å². The van der Waals surface area contributed by atoms with Crippen molar-refractivity contribution in [3.8, 4) is 0 Å². The number of nitrogens with zero attached hydrogens (tertiary/aromatic N) is 1. The number of hydrogen-bond acceptors (Lipinski definition) is 2. The fourth-order valence-corrected chi connectivity index (χ4v) is 1.84. The maximum absolute atomic E-state index is 12.4. The van der Waals surface area contributed by atoms with Crippen molar-refractivity contribution in [3.63, 3.8) is 0 Å². The second-order valence-corrected chi connectivity index (χ2v) is 4.84. The van der Waals surface area contributed by atoms with E-state index in [9.17, 15) is 18.0 Å². The zero-order chi connectivity index (χ0) is 15.5. The third-order valence-electron chi connectivity index (χ3n) is 2.46. The predicted octanol–water partition coefficient (Wildman–Crippen LogP) is 4.51. The number of rotatable bonds is 2. The van der Waals surface area contributed by atoms with Crippen LogP contribution < -0.4 is 10.6 Å². The summed E-state index contributed by atoms with van der Waals surface area (Å²) in [6.45, 7) is 0. The zero-order valence-electron chi connectivity index (χ0n) is 10.4. The van der Waals surface area contributed by atoms with Crippen molar-refractivity contribution in [3.05, 3.63) is 52.6 Å². The summed E-state index contributed by atoms with van der Waals surface area (Å²) in [5, 5.41) is 4.89. The highest BCUT2D eigenvalue weighted by Crippen LogP contribution is 2.29. The molecule has 0 unspecified atom stereocenters. The number of aromatic nitrogens is 1. The van der Waals surface area contributed by atoms with E-state index >= 15 is 0 Å². The van der Waals surface area contributed by atoms with Crippen LogP contribution in [0.4, 0.5) is 29.5 Å². The van der Waals surface area contributed by atoms with E-state index in [1.165, 1.54) is 18.3 Å². The highest BCUT2D eigenvalue weighted by molar-refractivity contribution is 9.10. The van der Waals surface area contributed by atoms with E-state index in [4.69, 9.17) is 0 Å². The highest BCUT2D eigenvalue weighted by Gasteiger charge is 2.29. The molecule has 1 aromatic carbocycles. The molecule has 4 nitrogen and oxygen atoms in total. The molecular weight excluding hydrogens is 351 g/mol. The summed E-state index contributed by atoms with van der Waals surface area (Å²) in [6, 6.07) is 6.92. The lowest BCUT2D eigenvalue weighted by Crippen LogP contribution is -2.20. The molecule has 2 N–H and O–H groups in total. The molecule has 0 saturated carbocycles. The minimum Gasteiger partial charge on any atom is -0.308 e. The molecule has 0 atom stereocenters. The van der Waals surface area contributed by atoms with E-state index in [0.29, 0.717) is 10.3 Å². The summed E-state index contributed by atoms with van der Waals surface area (Å²) >= 11 is 3.21. The lowest BCUT2D eigenvalue weighted by atomic mass is 10.2. The first-order valence-electron chi connectivity index (χ1n) is 5.72. The van der Waals surface area contributed by atoms with E-state index in [1.807, 2.05) is 0 Å². The van der Waals surface area contributed by atoms with Crippen LogP contribution >= 0.6 is 15.9 Å². The first kappa shape index (κ1) is 15.3. The number of nitrogens with one attached hydrogen (secondary N) is 2. The summed E-state index contributed by atoms with van der Waals surface area (Å²) in [4.78, 5) is 15.6. The van der Waals surface area contributed by atoms with Crippen LogP contribution in [0.2, 0.25) is 0 Å². The van der Waals surface area contributed by atoms with Gasteiger partial charge in [0.15, 0.2) is 0 Å². The Morgan fingerprint density at radius 2 is 1.76 bits per heavy atom. The second kappa shape index (κ2) is 6.13. The van der Waals surface area contributed by atoms with Crippen LogP contribution in [-0.2, 0) is 6.18 Å². The van der Waals surface area contributed by atoms with Crippen LogP contribution in [0.25, 0.3) is 0 Å². The van der Waals surface area contributed by atoms with Crippen molar-refractivity contribution in [1.29, 1.82) is 0 Å². The largest absolute Gasteiger partial charge is 0.416 e. The molecule has 0 saturated heterocycles. The minimum absolute atomic E-state index is 0.243. The molecule has 110 valence electrons. The van der Waals surface area contributed by atoms with Crippen LogP contribution in [0.5, 0.6) is 0 Å². The quantitative estimate of drug-likeness (QED) is 0.828. The minimum atomic E-state index is -4.40. The van der Waals surface area contributed by atoms with Gasteiger partial charge in [-0.05, 0) is 52.3 Å². The Bertz CT molecular complexity index is 644. The summed E-state index contributed by atoms with van der Waals surface area (Å²) in [6.07, 6.45) is -2.90. The van der Waals surface area contributed by atoms with E-state index in [1.54, 1.807) is 12.1 Å². The van der Waals surface area contributed by atoms with Crippen molar-refractivity contribution in [2.75, 3.05) is 10.6 Å². The number of urea groups is 1. The second-order valence-electron chi connectivity index (χ2n) is 3.99. The highest BCUT2D eigenvalue weighted by atomic mass is 79.9. The standard InChI is InChI=1S/C13H9BrF3N3O/c14-10-2-1-7-18-11(10)20-12(21)19-9-5-3-8(4-6-9)13(15,16)17/h1-7H,(H2,18,19,20,21). The average Bonchev–Trinajstić information content (AvgIpc) is 2.41. The van der Waals surface area contributed by atoms with Gasteiger partial charge >= 0.3 is 12.2 Å². The molecule has 2 rings (SSSR count). The number of carbonyl (C=O) groups is 1. The zero-order valence-corrected chi connectivity index (χ0v) is 12.0. The molecule has 0 aliphatic heterocycles. The van der Waals surface area contributed by atoms with Gasteiger partial charge in [-0.1, -0.05) is 0 Å². The number of halogens is 4. The summed E-state index contributed by atoms with van der Waals surface area (Å²) in [5.74, 6) is 0.307. The molecule has 0 aliphatic rings. The number of carbonyl (C=O) groups excluding carboxylic acids is 1. The predicted molar refractivity (Wildman–Crippen MR) is 76.0 cm³/mol. The Balaban J connectivity index is 2.02. The van der Waals surface area contributed by atoms with E-state index in [0.717, 1.165) is 12.1 Å². The Labute approximate surface area is 126 Å². The molecule has 2 aromatic rings. The number of hydrogen-bond donors (Lipinski definition) is 2. The van der Waals surface area contributed by atoms with Gasteiger partial charge in [-0.15, -0.1) is 0 Å². The van der Waals surface area contributed by atoms with Gasteiger partial charge < -0.3 is 5.32 Å². The molecule has 0 bridgehead atoms. The summed E-state index contributed by atoms with van der Waals surface area (Å²) in [5.41, 5.74) is -0.534. The van der Waals surface area contributed by atoms with Gasteiger partial charge in [-0.25, -0.2) is 9.78 Å². The van der Waals surface area contributed by atoms with Gasteiger partial charge in [0.05, 0.1) is 10.0 Å². The first-order chi connectivity index (χ1) is 9.86. The van der Waals surface area contributed by atoms with Gasteiger partial charge in [0.2, 0.25) is 0 Å². The van der Waals surface area contributed by atoms with Crippen molar-refractivity contribution in [2.24, 2.45) is 0 Å². The van der Waals surface area contributed by atoms with E-state index in [2.05, 4.69) is 31.5 Å². The number of benzene rings is 1. The summed E-state index contributed by atoms with van der Waals surface area (Å²) in [7, 11) is 0. The van der Waals surface area contributed by atoms with Crippen LogP contribution in [0.3, 0.4) is 0 Å². The molecule has 0 spiro atoms. The van der Waals surface area contributed by atoms with Crippen LogP contribution in [0.15, 0.2) is 47.1 Å². The Hall–Kier alpha value is -2.09. The Morgan fingerprint density at radius 3 is 2.33 bits per heavy atom. The molecule has 2 amide bonds. The third-order valence-corrected chi connectivity index (χ3v) is 3.10. The SMILES string of the molecule is O=C(Nc1ccc(C(F)(F)F)cc1)Nc1ncccc1Br. The normalized spacial score (nSPS) is 11.0. The first-order valence-corrected chi connectivity index (χ1v) is 6.51. The van der Waals surface area contributed by atoms with Crippen LogP contribution in [-0.4, -0.2) is 11.0 Å². The molecule has 1 aromatic heterocycles. The van der Waals surface area contributed by atoms with Gasteiger partial charge in [0.1, 0.15) is 5.82 Å². The molecule has 0 fully saturated rings. The molecule has 1 heterocycles. The third kappa shape index (κ3) is 4.19. The lowest BCUT2D eigenvalue weighted by molar-refractivity contribution is -0.137. The molecular formula is C13H9BrF3N3O. The van der Waals surface area contributed by atoms with Crippen LogP contribution in [0.1, 0.15) is 5.56 Å².